The summed E-state index contributed by atoms with van der Waals surface area (Å²) < 4.78 is 17.2. The van der Waals surface area contributed by atoms with Crippen LogP contribution in [0.25, 0.3) is 21.7 Å². The number of esters is 1. The highest BCUT2D eigenvalue weighted by Gasteiger charge is 2.34. The van der Waals surface area contributed by atoms with Gasteiger partial charge in [-0.05, 0) is 19.4 Å². The Morgan fingerprint density at radius 1 is 1.06 bits per heavy atom. The van der Waals surface area contributed by atoms with E-state index in [1.807, 2.05) is 42.5 Å². The van der Waals surface area contributed by atoms with Crippen molar-refractivity contribution in [1.82, 2.24) is 4.90 Å². The third-order valence-corrected chi connectivity index (χ3v) is 6.31. The molecule has 1 atom stereocenters. The van der Waals surface area contributed by atoms with Gasteiger partial charge in [0.25, 0.3) is 0 Å². The summed E-state index contributed by atoms with van der Waals surface area (Å²) >= 11 is 0. The second kappa shape index (κ2) is 8.89. The number of benzene rings is 3. The fourth-order valence-corrected chi connectivity index (χ4v) is 4.89. The predicted octanol–water partition coefficient (Wildman–Crippen LogP) is 5.20. The molecule has 0 spiro atoms. The van der Waals surface area contributed by atoms with E-state index in [1.165, 1.54) is 0 Å². The molecule has 1 fully saturated rings. The highest BCUT2D eigenvalue weighted by Crippen LogP contribution is 2.47. The Bertz CT molecular complexity index is 1300. The molecule has 6 nitrogen and oxygen atoms in total. The SMILES string of the molecule is CCOC(=O)c1c(C)oc2c1c([C@H](c1ccccc1)N1CCOCC1)c(O)c1ccccc12. The number of hydrogen-bond donors (Lipinski definition) is 1. The number of rotatable bonds is 5. The maximum atomic E-state index is 13.1. The van der Waals surface area contributed by atoms with Crippen LogP contribution in [0.15, 0.2) is 59.0 Å². The molecule has 1 aliphatic rings. The van der Waals surface area contributed by atoms with E-state index in [0.717, 1.165) is 10.9 Å². The molecule has 170 valence electrons. The second-order valence-electron chi connectivity index (χ2n) is 8.23. The molecule has 0 amide bonds. The van der Waals surface area contributed by atoms with Gasteiger partial charge in [0.15, 0.2) is 0 Å². The number of carbonyl (C=O) groups excluding carboxylic acids is 1. The average Bonchev–Trinajstić information content (AvgIpc) is 3.20. The van der Waals surface area contributed by atoms with Gasteiger partial charge >= 0.3 is 5.97 Å². The first-order chi connectivity index (χ1) is 16.1. The number of morpholine rings is 1. The molecule has 2 heterocycles. The summed E-state index contributed by atoms with van der Waals surface area (Å²) in [4.78, 5) is 15.4. The first-order valence-corrected chi connectivity index (χ1v) is 11.3. The van der Waals surface area contributed by atoms with Crippen LogP contribution >= 0.6 is 0 Å². The number of phenolic OH excluding ortho intramolecular Hbond substituents is 1. The summed E-state index contributed by atoms with van der Waals surface area (Å²) in [7, 11) is 0. The molecule has 33 heavy (non-hydrogen) atoms. The van der Waals surface area contributed by atoms with Crippen molar-refractivity contribution in [1.29, 1.82) is 0 Å². The summed E-state index contributed by atoms with van der Waals surface area (Å²) in [5.41, 5.74) is 2.65. The molecule has 0 radical (unpaired) electrons. The third-order valence-electron chi connectivity index (χ3n) is 6.31. The number of carbonyl (C=O) groups is 1. The zero-order chi connectivity index (χ0) is 22.9. The van der Waals surface area contributed by atoms with Crippen molar-refractivity contribution in [2.75, 3.05) is 32.9 Å². The molecule has 1 aliphatic heterocycles. The fraction of sp³-hybridized carbons (Fsp3) is 0.296. The number of fused-ring (bicyclic) bond motifs is 3. The maximum Gasteiger partial charge on any atom is 0.342 e. The molecule has 1 aromatic heterocycles. The molecule has 0 bridgehead atoms. The number of hydrogen-bond acceptors (Lipinski definition) is 6. The maximum absolute atomic E-state index is 13.1. The molecule has 6 heteroatoms. The van der Waals surface area contributed by atoms with E-state index < -0.39 is 5.97 Å². The molecule has 0 unspecified atom stereocenters. The van der Waals surface area contributed by atoms with Crippen molar-refractivity contribution in [3.05, 3.63) is 77.0 Å². The Kier molecular flexibility index (Phi) is 5.79. The predicted molar refractivity (Wildman–Crippen MR) is 127 cm³/mol. The van der Waals surface area contributed by atoms with Gasteiger partial charge in [-0.25, -0.2) is 4.79 Å². The first-order valence-electron chi connectivity index (χ1n) is 11.3. The Balaban J connectivity index is 1.89. The van der Waals surface area contributed by atoms with Crippen molar-refractivity contribution in [2.24, 2.45) is 0 Å². The van der Waals surface area contributed by atoms with Crippen molar-refractivity contribution in [3.63, 3.8) is 0 Å². The van der Waals surface area contributed by atoms with E-state index >= 15 is 0 Å². The first kappa shape index (κ1) is 21.5. The van der Waals surface area contributed by atoms with E-state index in [-0.39, 0.29) is 18.4 Å². The highest BCUT2D eigenvalue weighted by molar-refractivity contribution is 6.16. The molecule has 1 saturated heterocycles. The Morgan fingerprint density at radius 2 is 1.73 bits per heavy atom. The quantitative estimate of drug-likeness (QED) is 0.426. The molecule has 5 rings (SSSR count). The van der Waals surface area contributed by atoms with Crippen LogP contribution in [-0.2, 0) is 9.47 Å². The summed E-state index contributed by atoms with van der Waals surface area (Å²) in [5.74, 6) is 0.192. The number of ether oxygens (including phenoxy) is 2. The number of phenols is 1. The van der Waals surface area contributed by atoms with Crippen molar-refractivity contribution in [2.45, 2.75) is 19.9 Å². The van der Waals surface area contributed by atoms with Crippen LogP contribution < -0.4 is 0 Å². The highest BCUT2D eigenvalue weighted by atomic mass is 16.5. The van der Waals surface area contributed by atoms with Gasteiger partial charge < -0.3 is 19.0 Å². The Morgan fingerprint density at radius 3 is 2.42 bits per heavy atom. The normalized spacial score (nSPS) is 15.7. The van der Waals surface area contributed by atoms with Gasteiger partial charge in [0, 0.05) is 34.8 Å². The molecule has 4 aromatic rings. The third kappa shape index (κ3) is 3.65. The van der Waals surface area contributed by atoms with Crippen LogP contribution in [0.1, 0.15) is 40.2 Å². The van der Waals surface area contributed by atoms with Crippen LogP contribution in [-0.4, -0.2) is 48.9 Å². The van der Waals surface area contributed by atoms with Crippen molar-refractivity contribution >= 4 is 27.7 Å². The van der Waals surface area contributed by atoms with E-state index in [1.54, 1.807) is 13.8 Å². The van der Waals surface area contributed by atoms with E-state index in [2.05, 4.69) is 17.0 Å². The largest absolute Gasteiger partial charge is 0.507 e. The molecular weight excluding hydrogens is 418 g/mol. The smallest absolute Gasteiger partial charge is 0.342 e. The van der Waals surface area contributed by atoms with E-state index in [4.69, 9.17) is 13.9 Å². The number of aromatic hydroxyl groups is 1. The van der Waals surface area contributed by atoms with Gasteiger partial charge in [-0.1, -0.05) is 54.6 Å². The Hall–Kier alpha value is -3.35. The summed E-state index contributed by atoms with van der Waals surface area (Å²) in [5, 5.41) is 13.8. The summed E-state index contributed by atoms with van der Waals surface area (Å²) in [6, 6.07) is 17.4. The molecule has 0 aliphatic carbocycles. The number of aryl methyl sites for hydroxylation is 1. The van der Waals surface area contributed by atoms with Crippen LogP contribution in [0.5, 0.6) is 5.75 Å². The van der Waals surface area contributed by atoms with Gasteiger partial charge in [-0.15, -0.1) is 0 Å². The van der Waals surface area contributed by atoms with Gasteiger partial charge in [0.1, 0.15) is 22.7 Å². The number of nitrogens with zero attached hydrogens (tertiary/aromatic N) is 1. The summed E-state index contributed by atoms with van der Waals surface area (Å²) in [6.07, 6.45) is 0. The monoisotopic (exact) mass is 445 g/mol. The van der Waals surface area contributed by atoms with E-state index in [9.17, 15) is 9.90 Å². The lowest BCUT2D eigenvalue weighted by atomic mass is 9.88. The molecular formula is C27H27NO5. The lowest BCUT2D eigenvalue weighted by Gasteiger charge is -2.36. The summed E-state index contributed by atoms with van der Waals surface area (Å²) in [6.45, 7) is 6.44. The zero-order valence-corrected chi connectivity index (χ0v) is 18.8. The number of furan rings is 1. The van der Waals surface area contributed by atoms with Gasteiger partial charge in [-0.2, -0.15) is 0 Å². The second-order valence-corrected chi connectivity index (χ2v) is 8.23. The van der Waals surface area contributed by atoms with Gasteiger partial charge in [-0.3, -0.25) is 4.90 Å². The Labute approximate surface area is 192 Å². The topological polar surface area (TPSA) is 72.1 Å². The standard InChI is InChI=1S/C27H27NO5/c1-3-32-27(30)21-17(2)33-26-20-12-8-7-11-19(20)25(29)23(22(21)26)24(18-9-5-4-6-10-18)28-13-15-31-16-14-28/h4-12,24,29H,3,13-16H2,1-2H3/t24-/m0/s1. The van der Waals surface area contributed by atoms with Gasteiger partial charge in [0.05, 0.1) is 25.9 Å². The van der Waals surface area contributed by atoms with Crippen molar-refractivity contribution in [3.8, 4) is 5.75 Å². The molecule has 3 aromatic carbocycles. The fourth-order valence-electron chi connectivity index (χ4n) is 4.89. The van der Waals surface area contributed by atoms with Crippen LogP contribution in [0.2, 0.25) is 0 Å². The van der Waals surface area contributed by atoms with Crippen LogP contribution in [0, 0.1) is 6.92 Å². The zero-order valence-electron chi connectivity index (χ0n) is 18.8. The van der Waals surface area contributed by atoms with Gasteiger partial charge in [0.2, 0.25) is 0 Å². The minimum atomic E-state index is -0.446. The minimum absolute atomic E-state index is 0.157. The van der Waals surface area contributed by atoms with Crippen LogP contribution in [0.3, 0.4) is 0 Å². The lowest BCUT2D eigenvalue weighted by Crippen LogP contribution is -2.39. The average molecular weight is 446 g/mol. The van der Waals surface area contributed by atoms with E-state index in [0.29, 0.717) is 59.5 Å². The van der Waals surface area contributed by atoms with Crippen molar-refractivity contribution < 1.29 is 23.8 Å². The molecule has 0 saturated carbocycles. The minimum Gasteiger partial charge on any atom is -0.507 e. The van der Waals surface area contributed by atoms with Crippen LogP contribution in [0.4, 0.5) is 0 Å². The lowest BCUT2D eigenvalue weighted by molar-refractivity contribution is 0.0238. The molecule has 1 N–H and O–H groups in total.